The number of methoxy groups -OCH3 is 1. The summed E-state index contributed by atoms with van der Waals surface area (Å²) < 4.78 is 5.39. The molecule has 2 saturated heterocycles. The van der Waals surface area contributed by atoms with Crippen LogP contribution in [-0.2, 0) is 9.59 Å². The third-order valence-corrected chi connectivity index (χ3v) is 7.17. The molecular weight excluding hydrogens is 398 g/mol. The van der Waals surface area contributed by atoms with Crippen molar-refractivity contribution in [3.63, 3.8) is 0 Å². The van der Waals surface area contributed by atoms with Crippen LogP contribution in [0.3, 0.4) is 0 Å². The number of carbonyl (C=O) groups is 4. The van der Waals surface area contributed by atoms with Gasteiger partial charge >= 0.3 is 6.03 Å². The summed E-state index contributed by atoms with van der Waals surface area (Å²) in [6, 6.07) is 4.58. The number of carbonyl (C=O) groups excluding carboxylic acids is 4. The summed E-state index contributed by atoms with van der Waals surface area (Å²) in [7, 11) is 1.51. The molecule has 0 atom stereocenters. The van der Waals surface area contributed by atoms with Gasteiger partial charge in [-0.15, -0.1) is 0 Å². The Bertz CT molecular complexity index is 881. The number of nitrogens with zero attached hydrogens (tertiary/aromatic N) is 2. The molecule has 0 radical (unpaired) electrons. The molecule has 0 unspecified atom stereocenters. The summed E-state index contributed by atoms with van der Waals surface area (Å²) in [4.78, 5) is 51.3. The van der Waals surface area contributed by atoms with Gasteiger partial charge in [0.2, 0.25) is 5.91 Å². The van der Waals surface area contributed by atoms with Crippen molar-refractivity contribution in [2.45, 2.75) is 44.9 Å². The molecule has 3 aliphatic rings. The normalized spacial score (nSPS) is 21.7. The van der Waals surface area contributed by atoms with E-state index in [0.717, 1.165) is 44.8 Å². The van der Waals surface area contributed by atoms with Gasteiger partial charge in [-0.3, -0.25) is 19.8 Å². The van der Waals surface area contributed by atoms with Gasteiger partial charge in [-0.05, 0) is 62.1 Å². The fourth-order valence-corrected chi connectivity index (χ4v) is 5.08. The topological polar surface area (TPSA) is 96.0 Å². The van der Waals surface area contributed by atoms with Crippen molar-refractivity contribution in [1.29, 1.82) is 0 Å². The number of benzene rings is 1. The fraction of sp³-hybridized carbons (Fsp3) is 0.565. The molecule has 2 heterocycles. The third kappa shape index (κ3) is 4.29. The molecule has 1 aliphatic carbocycles. The number of imide groups is 1. The van der Waals surface area contributed by atoms with E-state index < -0.39 is 6.03 Å². The maximum Gasteiger partial charge on any atom is 0.328 e. The van der Waals surface area contributed by atoms with Crippen LogP contribution in [0.2, 0.25) is 0 Å². The molecule has 1 saturated carbocycles. The summed E-state index contributed by atoms with van der Waals surface area (Å²) in [5, 5.41) is 2.31. The highest BCUT2D eigenvalue weighted by molar-refractivity contribution is 6.07. The lowest BCUT2D eigenvalue weighted by Crippen LogP contribution is -2.49. The highest BCUT2D eigenvalue weighted by atomic mass is 16.5. The van der Waals surface area contributed by atoms with Crippen LogP contribution < -0.4 is 15.0 Å². The van der Waals surface area contributed by atoms with Gasteiger partial charge in [0.15, 0.2) is 0 Å². The molecule has 2 aliphatic heterocycles. The average molecular weight is 428 g/mol. The first-order valence-corrected chi connectivity index (χ1v) is 11.0. The first-order valence-electron chi connectivity index (χ1n) is 11.0. The van der Waals surface area contributed by atoms with Gasteiger partial charge in [0.05, 0.1) is 12.8 Å². The number of likely N-dealkylation sites (tertiary alicyclic amines) is 1. The molecule has 4 amide bonds. The summed E-state index contributed by atoms with van der Waals surface area (Å²) in [6.45, 7) is 1.64. The van der Waals surface area contributed by atoms with E-state index in [1.54, 1.807) is 18.2 Å². The third-order valence-electron chi connectivity index (χ3n) is 7.17. The Kier molecular flexibility index (Phi) is 5.98. The lowest BCUT2D eigenvalue weighted by molar-refractivity contribution is -0.120. The number of hydrogen-bond acceptors (Lipinski definition) is 5. The predicted octanol–water partition coefficient (Wildman–Crippen LogP) is 2.75. The van der Waals surface area contributed by atoms with Crippen molar-refractivity contribution in [3.05, 3.63) is 23.8 Å². The second kappa shape index (κ2) is 8.69. The Balaban J connectivity index is 1.46. The van der Waals surface area contributed by atoms with E-state index in [-0.39, 0.29) is 36.1 Å². The quantitative estimate of drug-likeness (QED) is 0.746. The smallest absolute Gasteiger partial charge is 0.328 e. The van der Waals surface area contributed by atoms with Crippen molar-refractivity contribution < 1.29 is 23.9 Å². The van der Waals surface area contributed by atoms with E-state index in [2.05, 4.69) is 5.32 Å². The van der Waals surface area contributed by atoms with Gasteiger partial charge in [0, 0.05) is 37.5 Å². The maximum atomic E-state index is 13.2. The molecule has 3 fully saturated rings. The van der Waals surface area contributed by atoms with Crippen molar-refractivity contribution in [1.82, 2.24) is 10.2 Å². The highest BCUT2D eigenvalue weighted by Gasteiger charge is 2.39. The minimum Gasteiger partial charge on any atom is -0.495 e. The van der Waals surface area contributed by atoms with E-state index >= 15 is 0 Å². The summed E-state index contributed by atoms with van der Waals surface area (Å²) in [5.74, 6) is 0.307. The first kappa shape index (κ1) is 21.3. The van der Waals surface area contributed by atoms with Crippen LogP contribution in [0.4, 0.5) is 10.5 Å². The number of amides is 4. The van der Waals surface area contributed by atoms with Crippen LogP contribution in [0.5, 0.6) is 5.75 Å². The number of urea groups is 1. The zero-order chi connectivity index (χ0) is 22.0. The molecule has 8 nitrogen and oxygen atoms in total. The molecule has 1 aromatic rings. The minimum absolute atomic E-state index is 0.0613. The highest BCUT2D eigenvalue weighted by Crippen LogP contribution is 2.46. The molecule has 0 aromatic heterocycles. The number of aldehydes is 1. The minimum atomic E-state index is -0.509. The van der Waals surface area contributed by atoms with E-state index in [9.17, 15) is 19.2 Å². The van der Waals surface area contributed by atoms with Crippen LogP contribution in [0.25, 0.3) is 0 Å². The Labute approximate surface area is 181 Å². The Morgan fingerprint density at radius 1 is 1.13 bits per heavy atom. The largest absolute Gasteiger partial charge is 0.495 e. The fourth-order valence-electron chi connectivity index (χ4n) is 5.08. The predicted molar refractivity (Wildman–Crippen MR) is 114 cm³/mol. The number of hydrogen-bond donors (Lipinski definition) is 1. The number of piperidine rings is 1. The first-order chi connectivity index (χ1) is 14.9. The van der Waals surface area contributed by atoms with E-state index in [1.807, 2.05) is 4.90 Å². The zero-order valence-electron chi connectivity index (χ0n) is 17.9. The second-order valence-electron chi connectivity index (χ2n) is 8.91. The van der Waals surface area contributed by atoms with Gasteiger partial charge in [-0.25, -0.2) is 4.79 Å². The molecule has 31 heavy (non-hydrogen) atoms. The molecule has 1 aromatic carbocycles. The molecule has 4 rings (SSSR count). The van der Waals surface area contributed by atoms with Gasteiger partial charge in [-0.2, -0.15) is 0 Å². The van der Waals surface area contributed by atoms with Crippen molar-refractivity contribution in [2.24, 2.45) is 11.3 Å². The van der Waals surface area contributed by atoms with Crippen LogP contribution in [0, 0.1) is 11.3 Å². The Morgan fingerprint density at radius 2 is 1.84 bits per heavy atom. The molecule has 0 bridgehead atoms. The van der Waals surface area contributed by atoms with Crippen LogP contribution in [0.15, 0.2) is 18.2 Å². The standard InChI is InChI=1S/C23H29N3O5/c1-31-19-3-2-17(14-18(19)26-11-6-20(28)24-22(26)30)21(29)25-12-9-23(10-13-25)7-4-16(15-27)5-8-23/h2-3,14-16H,4-13H2,1H3,(H,24,28,30). The Hall–Kier alpha value is -2.90. The average Bonchev–Trinajstić information content (AvgIpc) is 2.79. The van der Waals surface area contributed by atoms with Crippen LogP contribution in [-0.4, -0.2) is 55.8 Å². The monoisotopic (exact) mass is 427 g/mol. The number of anilines is 1. The SMILES string of the molecule is COc1ccc(C(=O)N2CCC3(CCC(C=O)CC3)CC2)cc1N1CCC(=O)NC1=O. The number of rotatable bonds is 4. The maximum absolute atomic E-state index is 13.2. The van der Waals surface area contributed by atoms with E-state index in [0.29, 0.717) is 30.1 Å². The lowest BCUT2D eigenvalue weighted by Gasteiger charge is -2.45. The summed E-state index contributed by atoms with van der Waals surface area (Å²) >= 11 is 0. The molecule has 1 N–H and O–H groups in total. The number of nitrogens with one attached hydrogen (secondary N) is 1. The lowest BCUT2D eigenvalue weighted by atomic mass is 9.65. The van der Waals surface area contributed by atoms with Gasteiger partial charge in [-0.1, -0.05) is 0 Å². The van der Waals surface area contributed by atoms with E-state index in [1.165, 1.54) is 12.0 Å². The Morgan fingerprint density at radius 3 is 2.45 bits per heavy atom. The zero-order valence-corrected chi connectivity index (χ0v) is 17.9. The summed E-state index contributed by atoms with van der Waals surface area (Å²) in [6.07, 6.45) is 7.26. The van der Waals surface area contributed by atoms with Gasteiger partial charge in [0.1, 0.15) is 12.0 Å². The second-order valence-corrected chi connectivity index (χ2v) is 8.91. The van der Waals surface area contributed by atoms with Gasteiger partial charge < -0.3 is 14.4 Å². The number of ether oxygens (including phenoxy) is 1. The van der Waals surface area contributed by atoms with Crippen molar-refractivity contribution >= 4 is 29.8 Å². The molecule has 166 valence electrons. The van der Waals surface area contributed by atoms with Crippen LogP contribution in [0.1, 0.15) is 55.3 Å². The van der Waals surface area contributed by atoms with E-state index in [4.69, 9.17) is 4.74 Å². The summed E-state index contributed by atoms with van der Waals surface area (Å²) in [5.41, 5.74) is 1.25. The van der Waals surface area contributed by atoms with Crippen molar-refractivity contribution in [2.75, 3.05) is 31.6 Å². The van der Waals surface area contributed by atoms with Crippen LogP contribution >= 0.6 is 0 Å². The molecule has 1 spiro atoms. The molecule has 8 heteroatoms. The van der Waals surface area contributed by atoms with Gasteiger partial charge in [0.25, 0.3) is 5.91 Å². The molecular formula is C23H29N3O5. The van der Waals surface area contributed by atoms with Crippen molar-refractivity contribution in [3.8, 4) is 5.75 Å².